The molecule has 2 aliphatic heterocycles. The molecule has 0 aromatic heterocycles. The lowest BCUT2D eigenvalue weighted by Gasteiger charge is -2.37. The van der Waals surface area contributed by atoms with E-state index in [0.717, 1.165) is 23.5 Å². The number of hydrogen-bond acceptors (Lipinski definition) is 0. The summed E-state index contributed by atoms with van der Waals surface area (Å²) in [5.74, 6) is 0.960. The van der Waals surface area contributed by atoms with Gasteiger partial charge in [0, 0.05) is 23.4 Å². The lowest BCUT2D eigenvalue weighted by molar-refractivity contribution is -0.966. The van der Waals surface area contributed by atoms with Crippen LogP contribution in [0.5, 0.6) is 0 Å². The van der Waals surface area contributed by atoms with E-state index in [1.165, 1.54) is 57.4 Å². The van der Waals surface area contributed by atoms with Gasteiger partial charge in [0.15, 0.2) is 0 Å². The summed E-state index contributed by atoms with van der Waals surface area (Å²) < 4.78 is 0. The summed E-state index contributed by atoms with van der Waals surface area (Å²) in [5.41, 5.74) is 1.38. The fourth-order valence-electron chi connectivity index (χ4n) is 4.09. The van der Waals surface area contributed by atoms with Crippen LogP contribution in [-0.4, -0.2) is 32.2 Å². The molecule has 2 fully saturated rings. The topological polar surface area (TPSA) is 8.88 Å². The Labute approximate surface area is 134 Å². The van der Waals surface area contributed by atoms with Gasteiger partial charge in [-0.1, -0.05) is 30.7 Å². The van der Waals surface area contributed by atoms with Crippen LogP contribution in [-0.2, 0) is 6.54 Å². The van der Waals surface area contributed by atoms with Crippen LogP contribution < -0.4 is 9.80 Å². The van der Waals surface area contributed by atoms with Gasteiger partial charge in [-0.05, 0) is 30.9 Å². The third-order valence-electron chi connectivity index (χ3n) is 5.53. The largest absolute Gasteiger partial charge is 0.332 e. The Balaban J connectivity index is 1.47. The second-order valence-corrected chi connectivity index (χ2v) is 7.61. The highest BCUT2D eigenvalue weighted by Crippen LogP contribution is 2.11. The fraction of sp³-hybridized carbons (Fsp3) is 0.667. The van der Waals surface area contributed by atoms with Crippen LogP contribution in [0.4, 0.5) is 0 Å². The van der Waals surface area contributed by atoms with Gasteiger partial charge in [-0.25, -0.2) is 0 Å². The Morgan fingerprint density at radius 1 is 1.05 bits per heavy atom. The van der Waals surface area contributed by atoms with E-state index >= 15 is 0 Å². The number of benzene rings is 1. The summed E-state index contributed by atoms with van der Waals surface area (Å²) in [6, 6.07) is 9.30. The molecule has 0 amide bonds. The molecule has 0 unspecified atom stereocenters. The maximum atomic E-state index is 6.09. The first-order valence-corrected chi connectivity index (χ1v) is 9.01. The van der Waals surface area contributed by atoms with E-state index in [-0.39, 0.29) is 0 Å². The summed E-state index contributed by atoms with van der Waals surface area (Å²) in [6.07, 6.45) is 5.68. The zero-order valence-electron chi connectivity index (χ0n) is 13.2. The highest BCUT2D eigenvalue weighted by atomic mass is 35.5. The van der Waals surface area contributed by atoms with Crippen molar-refractivity contribution in [3.63, 3.8) is 0 Å². The summed E-state index contributed by atoms with van der Waals surface area (Å²) >= 11 is 6.09. The van der Waals surface area contributed by atoms with Crippen LogP contribution in [0, 0.1) is 5.92 Å². The normalized spacial score (nSPS) is 33.8. The smallest absolute Gasteiger partial charge is 0.103 e. The molecule has 0 radical (unpaired) electrons. The summed E-state index contributed by atoms with van der Waals surface area (Å²) in [5, 5.41) is 0.869. The van der Waals surface area contributed by atoms with Gasteiger partial charge >= 0.3 is 0 Å². The zero-order valence-corrected chi connectivity index (χ0v) is 14.0. The molecular weight excluding hydrogens is 280 g/mol. The van der Waals surface area contributed by atoms with Crippen LogP contribution in [0.25, 0.3) is 0 Å². The standard InChI is InChI=1S/C18H27ClN2/c1-15-5-11-21(12-6-15)18-7-9-20(10-8-18)14-16-3-2-4-17(19)13-16/h2-4,13,15,18H,5-12,14H2,1H3/p+2. The second-order valence-electron chi connectivity index (χ2n) is 7.17. The molecule has 1 aromatic carbocycles. The van der Waals surface area contributed by atoms with Crippen molar-refractivity contribution in [3.8, 4) is 0 Å². The van der Waals surface area contributed by atoms with E-state index in [9.17, 15) is 0 Å². The third-order valence-corrected chi connectivity index (χ3v) is 5.76. The van der Waals surface area contributed by atoms with Crippen LogP contribution >= 0.6 is 11.6 Å². The molecule has 0 atom stereocenters. The molecule has 3 rings (SSSR count). The minimum absolute atomic E-state index is 0.869. The van der Waals surface area contributed by atoms with Gasteiger partial charge in [-0.15, -0.1) is 0 Å². The Bertz CT molecular complexity index is 446. The molecule has 21 heavy (non-hydrogen) atoms. The molecular formula is C18H29ClN2+2. The van der Waals surface area contributed by atoms with Gasteiger partial charge in [0.25, 0.3) is 0 Å². The number of nitrogens with one attached hydrogen (secondary N) is 2. The van der Waals surface area contributed by atoms with Crippen LogP contribution in [0.2, 0.25) is 5.02 Å². The molecule has 0 bridgehead atoms. The van der Waals surface area contributed by atoms with Gasteiger partial charge in [-0.2, -0.15) is 0 Å². The summed E-state index contributed by atoms with van der Waals surface area (Å²) in [7, 11) is 0. The molecule has 2 heterocycles. The number of halogens is 1. The quantitative estimate of drug-likeness (QED) is 0.830. The minimum Gasteiger partial charge on any atom is -0.332 e. The Morgan fingerprint density at radius 2 is 1.76 bits per heavy atom. The summed E-state index contributed by atoms with van der Waals surface area (Å²) in [6.45, 7) is 9.03. The molecule has 1 aromatic rings. The molecule has 116 valence electrons. The maximum Gasteiger partial charge on any atom is 0.103 e. The van der Waals surface area contributed by atoms with Crippen molar-refractivity contribution in [1.29, 1.82) is 0 Å². The molecule has 0 aliphatic carbocycles. The van der Waals surface area contributed by atoms with Gasteiger partial charge < -0.3 is 9.80 Å². The first kappa shape index (κ1) is 15.3. The summed E-state index contributed by atoms with van der Waals surface area (Å²) in [4.78, 5) is 3.63. The van der Waals surface area contributed by atoms with Gasteiger partial charge in [0.2, 0.25) is 0 Å². The minimum atomic E-state index is 0.869. The Hall–Kier alpha value is -0.570. The van der Waals surface area contributed by atoms with Crippen LogP contribution in [0.3, 0.4) is 0 Å². The van der Waals surface area contributed by atoms with E-state index in [2.05, 4.69) is 25.1 Å². The zero-order chi connectivity index (χ0) is 14.7. The van der Waals surface area contributed by atoms with E-state index in [1.807, 2.05) is 11.0 Å². The predicted octanol–water partition coefficient (Wildman–Crippen LogP) is 1.20. The van der Waals surface area contributed by atoms with Crippen molar-refractivity contribution >= 4 is 11.6 Å². The number of hydrogen-bond donors (Lipinski definition) is 2. The van der Waals surface area contributed by atoms with E-state index in [0.29, 0.717) is 0 Å². The molecule has 2 nitrogen and oxygen atoms in total. The molecule has 2 aliphatic rings. The van der Waals surface area contributed by atoms with Crippen molar-refractivity contribution in [1.82, 2.24) is 0 Å². The number of piperidine rings is 2. The van der Waals surface area contributed by atoms with Gasteiger partial charge in [0.1, 0.15) is 6.54 Å². The molecule has 0 saturated carbocycles. The predicted molar refractivity (Wildman–Crippen MR) is 88.0 cm³/mol. The second kappa shape index (κ2) is 7.13. The lowest BCUT2D eigenvalue weighted by atomic mass is 9.95. The fourth-order valence-corrected chi connectivity index (χ4v) is 4.30. The van der Waals surface area contributed by atoms with Crippen molar-refractivity contribution in [3.05, 3.63) is 34.9 Å². The SMILES string of the molecule is CC1CC[NH+](C2CC[NH+](Cc3cccc(Cl)c3)CC2)CC1. The molecule has 2 saturated heterocycles. The highest BCUT2D eigenvalue weighted by Gasteiger charge is 2.31. The van der Waals surface area contributed by atoms with Gasteiger partial charge in [0.05, 0.1) is 32.2 Å². The highest BCUT2D eigenvalue weighted by molar-refractivity contribution is 6.30. The first-order chi connectivity index (χ1) is 10.2. The van der Waals surface area contributed by atoms with Crippen LogP contribution in [0.1, 0.15) is 38.2 Å². The van der Waals surface area contributed by atoms with Crippen molar-refractivity contribution in [2.45, 2.75) is 45.2 Å². The Morgan fingerprint density at radius 3 is 2.43 bits per heavy atom. The number of likely N-dealkylation sites (tertiary alicyclic amines) is 2. The van der Waals surface area contributed by atoms with Crippen molar-refractivity contribution < 1.29 is 9.80 Å². The van der Waals surface area contributed by atoms with E-state index < -0.39 is 0 Å². The molecule has 3 heteroatoms. The lowest BCUT2D eigenvalue weighted by Crippen LogP contribution is -3.20. The number of quaternary nitrogens is 2. The van der Waals surface area contributed by atoms with E-state index in [1.54, 1.807) is 4.90 Å². The average Bonchev–Trinajstić information content (AvgIpc) is 2.49. The van der Waals surface area contributed by atoms with Crippen molar-refractivity contribution in [2.75, 3.05) is 26.2 Å². The molecule has 2 N–H and O–H groups in total. The first-order valence-electron chi connectivity index (χ1n) is 8.63. The van der Waals surface area contributed by atoms with E-state index in [4.69, 9.17) is 11.6 Å². The van der Waals surface area contributed by atoms with Crippen LogP contribution in [0.15, 0.2) is 24.3 Å². The third kappa shape index (κ3) is 4.21. The monoisotopic (exact) mass is 308 g/mol. The average molecular weight is 309 g/mol. The number of rotatable bonds is 3. The van der Waals surface area contributed by atoms with Gasteiger partial charge in [-0.3, -0.25) is 0 Å². The maximum absolute atomic E-state index is 6.09. The van der Waals surface area contributed by atoms with Crippen molar-refractivity contribution in [2.24, 2.45) is 5.92 Å². The molecule has 0 spiro atoms. The Kier molecular flexibility index (Phi) is 5.20.